The number of carbonyl (C=O) groups excluding carboxylic acids is 1. The van der Waals surface area contributed by atoms with Crippen molar-refractivity contribution >= 4 is 27.5 Å². The fourth-order valence-electron chi connectivity index (χ4n) is 2.64. The van der Waals surface area contributed by atoms with Gasteiger partial charge in [-0.15, -0.1) is 0 Å². The molecule has 2 aromatic carbocycles. The van der Waals surface area contributed by atoms with Gasteiger partial charge in [0.25, 0.3) is 0 Å². The minimum Gasteiger partial charge on any atom is -0.492 e. The lowest BCUT2D eigenvalue weighted by Crippen LogP contribution is -2.14. The van der Waals surface area contributed by atoms with Crippen LogP contribution in [0.5, 0.6) is 5.75 Å². The van der Waals surface area contributed by atoms with Crippen molar-refractivity contribution < 1.29 is 9.53 Å². The van der Waals surface area contributed by atoms with Gasteiger partial charge in [-0.1, -0.05) is 28.1 Å². The average molecular weight is 375 g/mol. The van der Waals surface area contributed by atoms with Crippen LogP contribution in [0.15, 0.2) is 53.0 Å². The number of rotatable bonds is 6. The molecule has 2 unspecified atom stereocenters. The van der Waals surface area contributed by atoms with Crippen LogP contribution in [0.1, 0.15) is 17.9 Å². The van der Waals surface area contributed by atoms with Gasteiger partial charge in [0.1, 0.15) is 12.4 Å². The smallest absolute Gasteiger partial charge is 0.228 e. The Labute approximate surface area is 144 Å². The normalized spacial score (nSPS) is 19.2. The fraction of sp³-hybridized carbons (Fsp3) is 0.278. The summed E-state index contributed by atoms with van der Waals surface area (Å²) in [6, 6.07) is 15.5. The molecule has 1 aliphatic carbocycles. The molecule has 5 heteroatoms. The van der Waals surface area contributed by atoms with E-state index in [1.165, 1.54) is 5.56 Å². The van der Waals surface area contributed by atoms with Crippen LogP contribution in [0.25, 0.3) is 0 Å². The Balaban J connectivity index is 1.56. The Bertz CT molecular complexity index is 688. The van der Waals surface area contributed by atoms with E-state index in [4.69, 9.17) is 10.5 Å². The standard InChI is InChI=1S/C18H19BrN2O2/c19-13-3-1-2-12(10-13)16-11-17(16)18(22)21-14-4-6-15(7-5-14)23-9-8-20/h1-7,10,16-17H,8-9,11,20H2,(H,21,22). The third-order valence-electron chi connectivity index (χ3n) is 3.91. The molecular weight excluding hydrogens is 356 g/mol. The van der Waals surface area contributed by atoms with Crippen LogP contribution >= 0.6 is 15.9 Å². The van der Waals surface area contributed by atoms with Crippen molar-refractivity contribution in [3.8, 4) is 5.75 Å². The Kier molecular flexibility index (Phi) is 4.98. The number of nitrogens with one attached hydrogen (secondary N) is 1. The molecule has 4 nitrogen and oxygen atoms in total. The summed E-state index contributed by atoms with van der Waals surface area (Å²) in [5.74, 6) is 1.20. The number of hydrogen-bond acceptors (Lipinski definition) is 3. The quantitative estimate of drug-likeness (QED) is 0.812. The molecule has 1 aliphatic rings. The highest BCUT2D eigenvalue weighted by Gasteiger charge is 2.43. The maximum atomic E-state index is 12.3. The summed E-state index contributed by atoms with van der Waals surface area (Å²) >= 11 is 3.47. The zero-order valence-electron chi connectivity index (χ0n) is 12.7. The van der Waals surface area contributed by atoms with Gasteiger partial charge in [-0.25, -0.2) is 0 Å². The second-order valence-electron chi connectivity index (χ2n) is 5.65. The second-order valence-corrected chi connectivity index (χ2v) is 6.57. The number of ether oxygens (including phenoxy) is 1. The number of anilines is 1. The van der Waals surface area contributed by atoms with E-state index in [9.17, 15) is 4.79 Å². The number of carbonyl (C=O) groups is 1. The predicted octanol–water partition coefficient (Wildman–Crippen LogP) is 3.53. The van der Waals surface area contributed by atoms with Crippen molar-refractivity contribution in [2.45, 2.75) is 12.3 Å². The molecule has 1 amide bonds. The molecule has 2 aromatic rings. The summed E-state index contributed by atoms with van der Waals surface area (Å²) in [6.07, 6.45) is 0.903. The zero-order valence-corrected chi connectivity index (χ0v) is 14.3. The highest BCUT2D eigenvalue weighted by molar-refractivity contribution is 9.10. The van der Waals surface area contributed by atoms with E-state index in [1.807, 2.05) is 36.4 Å². The van der Waals surface area contributed by atoms with Crippen LogP contribution in [0.3, 0.4) is 0 Å². The highest BCUT2D eigenvalue weighted by atomic mass is 79.9. The lowest BCUT2D eigenvalue weighted by Gasteiger charge is -2.08. The Morgan fingerprint density at radius 1 is 1.26 bits per heavy atom. The van der Waals surface area contributed by atoms with E-state index >= 15 is 0 Å². The van der Waals surface area contributed by atoms with Crippen LogP contribution in [0.4, 0.5) is 5.69 Å². The molecule has 0 aromatic heterocycles. The van der Waals surface area contributed by atoms with Gasteiger partial charge in [-0.05, 0) is 54.3 Å². The first kappa shape index (κ1) is 16.0. The molecule has 3 N–H and O–H groups in total. The molecule has 23 heavy (non-hydrogen) atoms. The molecule has 0 bridgehead atoms. The first-order valence-corrected chi connectivity index (χ1v) is 8.46. The maximum absolute atomic E-state index is 12.3. The van der Waals surface area contributed by atoms with E-state index in [0.717, 1.165) is 22.3 Å². The first-order chi connectivity index (χ1) is 11.2. The third-order valence-corrected chi connectivity index (χ3v) is 4.41. The summed E-state index contributed by atoms with van der Waals surface area (Å²) in [5, 5.41) is 2.97. The molecule has 0 aliphatic heterocycles. The van der Waals surface area contributed by atoms with E-state index in [1.54, 1.807) is 0 Å². The van der Waals surface area contributed by atoms with Gasteiger partial charge in [-0.3, -0.25) is 4.79 Å². The molecule has 1 saturated carbocycles. The van der Waals surface area contributed by atoms with Gasteiger partial charge in [0.15, 0.2) is 0 Å². The van der Waals surface area contributed by atoms with Gasteiger partial charge in [0.2, 0.25) is 5.91 Å². The molecule has 0 spiro atoms. The summed E-state index contributed by atoms with van der Waals surface area (Å²) in [5.41, 5.74) is 7.40. The summed E-state index contributed by atoms with van der Waals surface area (Å²) < 4.78 is 6.47. The van der Waals surface area contributed by atoms with Gasteiger partial charge in [0, 0.05) is 22.6 Å². The van der Waals surface area contributed by atoms with E-state index in [-0.39, 0.29) is 11.8 Å². The molecule has 0 heterocycles. The van der Waals surface area contributed by atoms with Crippen molar-refractivity contribution in [2.75, 3.05) is 18.5 Å². The third kappa shape index (κ3) is 4.12. The van der Waals surface area contributed by atoms with Crippen molar-refractivity contribution in [2.24, 2.45) is 11.7 Å². The van der Waals surface area contributed by atoms with E-state index in [0.29, 0.717) is 19.1 Å². The predicted molar refractivity (Wildman–Crippen MR) is 94.6 cm³/mol. The number of benzene rings is 2. The summed E-state index contributed by atoms with van der Waals surface area (Å²) in [7, 11) is 0. The zero-order chi connectivity index (χ0) is 16.2. The largest absolute Gasteiger partial charge is 0.492 e. The highest BCUT2D eigenvalue weighted by Crippen LogP contribution is 2.48. The Morgan fingerprint density at radius 3 is 2.74 bits per heavy atom. The van der Waals surface area contributed by atoms with Crippen molar-refractivity contribution in [1.82, 2.24) is 0 Å². The van der Waals surface area contributed by atoms with Crippen molar-refractivity contribution in [1.29, 1.82) is 0 Å². The van der Waals surface area contributed by atoms with Crippen LogP contribution in [-0.4, -0.2) is 19.1 Å². The fourth-order valence-corrected chi connectivity index (χ4v) is 3.05. The number of amides is 1. The molecule has 3 rings (SSSR count). The second kappa shape index (κ2) is 7.15. The van der Waals surface area contributed by atoms with Crippen molar-refractivity contribution in [3.63, 3.8) is 0 Å². The summed E-state index contributed by atoms with van der Waals surface area (Å²) in [4.78, 5) is 12.3. The molecule has 1 fully saturated rings. The van der Waals surface area contributed by atoms with Gasteiger partial charge in [-0.2, -0.15) is 0 Å². The van der Waals surface area contributed by atoms with Crippen LogP contribution in [0.2, 0.25) is 0 Å². The number of halogens is 1. The lowest BCUT2D eigenvalue weighted by atomic mass is 10.1. The maximum Gasteiger partial charge on any atom is 0.228 e. The SMILES string of the molecule is NCCOc1ccc(NC(=O)C2CC2c2cccc(Br)c2)cc1. The van der Waals surface area contributed by atoms with Gasteiger partial charge in [0.05, 0.1) is 0 Å². The van der Waals surface area contributed by atoms with Gasteiger partial charge < -0.3 is 15.8 Å². The van der Waals surface area contributed by atoms with Crippen molar-refractivity contribution in [3.05, 3.63) is 58.6 Å². The Hall–Kier alpha value is -1.85. The number of hydrogen-bond donors (Lipinski definition) is 2. The van der Waals surface area contributed by atoms with E-state index in [2.05, 4.69) is 33.4 Å². The minimum absolute atomic E-state index is 0.0532. The molecule has 120 valence electrons. The van der Waals surface area contributed by atoms with Crippen LogP contribution in [0, 0.1) is 5.92 Å². The lowest BCUT2D eigenvalue weighted by molar-refractivity contribution is -0.117. The van der Waals surface area contributed by atoms with E-state index < -0.39 is 0 Å². The molecular formula is C18H19BrN2O2. The average Bonchev–Trinajstić information content (AvgIpc) is 3.35. The topological polar surface area (TPSA) is 64.3 Å². The van der Waals surface area contributed by atoms with Gasteiger partial charge >= 0.3 is 0 Å². The molecule has 2 atom stereocenters. The Morgan fingerprint density at radius 2 is 2.04 bits per heavy atom. The number of nitrogens with two attached hydrogens (primary N) is 1. The minimum atomic E-state index is 0.0532. The monoisotopic (exact) mass is 374 g/mol. The van der Waals surface area contributed by atoms with Crippen LogP contribution < -0.4 is 15.8 Å². The molecule has 0 saturated heterocycles. The molecule has 0 radical (unpaired) electrons. The summed E-state index contributed by atoms with van der Waals surface area (Å²) in [6.45, 7) is 0.971. The first-order valence-electron chi connectivity index (χ1n) is 7.66. The van der Waals surface area contributed by atoms with Crippen LogP contribution in [-0.2, 0) is 4.79 Å².